The van der Waals surface area contributed by atoms with Crippen LogP contribution in [-0.4, -0.2) is 37.1 Å². The van der Waals surface area contributed by atoms with Crippen LogP contribution in [0.2, 0.25) is 0 Å². The Bertz CT molecular complexity index is 706. The number of rotatable bonds is 4. The van der Waals surface area contributed by atoms with Gasteiger partial charge in [-0.2, -0.15) is 0 Å². The summed E-state index contributed by atoms with van der Waals surface area (Å²) < 4.78 is 30.6. The average Bonchev–Trinajstić information content (AvgIpc) is 2.64. The molecule has 0 radical (unpaired) electrons. The van der Waals surface area contributed by atoms with Crippen LogP contribution >= 0.6 is 0 Å². The van der Waals surface area contributed by atoms with Crippen LogP contribution in [0.4, 0.5) is 4.39 Å². The Morgan fingerprint density at radius 1 is 1.23 bits per heavy atom. The lowest BCUT2D eigenvalue weighted by molar-refractivity contribution is -0.531. The summed E-state index contributed by atoms with van der Waals surface area (Å²) in [4.78, 5) is 11.6. The van der Waals surface area contributed by atoms with Gasteiger partial charge in [-0.15, -0.1) is 0 Å². The van der Waals surface area contributed by atoms with E-state index < -0.39 is 12.3 Å². The van der Waals surface area contributed by atoms with Crippen molar-refractivity contribution in [3.05, 3.63) is 57.6 Å². The first-order valence-corrected chi connectivity index (χ1v) is 9.02. The lowest BCUT2D eigenvalue weighted by Crippen LogP contribution is -2.54. The molecule has 1 aromatic rings. The number of ether oxygens (including phenoxy) is 3. The fraction of sp³-hybridized carbons (Fsp3) is 0.579. The fourth-order valence-electron chi connectivity index (χ4n) is 4.85. The molecule has 0 N–H and O–H groups in total. The van der Waals surface area contributed by atoms with Gasteiger partial charge in [-0.25, -0.2) is 4.39 Å². The van der Waals surface area contributed by atoms with E-state index in [1.54, 1.807) is 18.4 Å². The van der Waals surface area contributed by atoms with E-state index >= 15 is 0 Å². The molecule has 2 fully saturated rings. The van der Waals surface area contributed by atoms with E-state index in [4.69, 9.17) is 14.2 Å². The highest BCUT2D eigenvalue weighted by Gasteiger charge is 2.55. The van der Waals surface area contributed by atoms with Crippen molar-refractivity contribution >= 4 is 0 Å². The van der Waals surface area contributed by atoms with Crippen LogP contribution in [0.5, 0.6) is 0 Å². The molecular formula is C19H22FNO5. The molecule has 0 spiro atoms. The minimum Gasteiger partial charge on any atom is -0.472 e. The van der Waals surface area contributed by atoms with E-state index in [9.17, 15) is 14.5 Å². The molecule has 3 aliphatic rings. The number of hydrogen-bond donors (Lipinski definition) is 0. The summed E-state index contributed by atoms with van der Waals surface area (Å²) in [6, 6.07) is 5.28. The molecular weight excluding hydrogens is 341 g/mol. The molecule has 4 rings (SSSR count). The summed E-state index contributed by atoms with van der Waals surface area (Å²) in [5, 5.41) is 11.8. The maximum Gasteiger partial charge on any atom is 0.224 e. The average molecular weight is 363 g/mol. The first kappa shape index (κ1) is 17.4. The van der Waals surface area contributed by atoms with Crippen LogP contribution in [-0.2, 0) is 14.2 Å². The standard InChI is InChI=1S/C19H22FNO5/c1-2-25-19-15-10-24-9-14-17(15)12(8-26-19)7-16(21(22)23)18(14)11-3-5-13(20)6-4-11/h3-6,8,14-19H,2,7,9-10H2,1H3/t14-,15-,16-,17-,18+,19-/m1/s1. The summed E-state index contributed by atoms with van der Waals surface area (Å²) >= 11 is 0. The van der Waals surface area contributed by atoms with Crippen molar-refractivity contribution in [2.75, 3.05) is 19.8 Å². The fourth-order valence-corrected chi connectivity index (χ4v) is 4.85. The molecule has 2 aliphatic heterocycles. The topological polar surface area (TPSA) is 70.8 Å². The highest BCUT2D eigenvalue weighted by Crippen LogP contribution is 2.52. The Balaban J connectivity index is 1.74. The van der Waals surface area contributed by atoms with Crippen molar-refractivity contribution in [1.29, 1.82) is 0 Å². The maximum atomic E-state index is 13.4. The first-order valence-electron chi connectivity index (χ1n) is 9.02. The zero-order valence-corrected chi connectivity index (χ0v) is 14.5. The van der Waals surface area contributed by atoms with Gasteiger partial charge in [0.15, 0.2) is 0 Å². The Morgan fingerprint density at radius 2 is 1.96 bits per heavy atom. The quantitative estimate of drug-likeness (QED) is 0.607. The van der Waals surface area contributed by atoms with E-state index in [-0.39, 0.29) is 34.4 Å². The van der Waals surface area contributed by atoms with Crippen molar-refractivity contribution in [3.8, 4) is 0 Å². The molecule has 0 unspecified atom stereocenters. The summed E-state index contributed by atoms with van der Waals surface area (Å²) in [6.45, 7) is 3.40. The predicted octanol–water partition coefficient (Wildman–Crippen LogP) is 3.11. The monoisotopic (exact) mass is 363 g/mol. The number of nitro groups is 1. The van der Waals surface area contributed by atoms with Crippen molar-refractivity contribution in [2.45, 2.75) is 31.6 Å². The molecule has 1 aliphatic carbocycles. The van der Waals surface area contributed by atoms with E-state index in [1.165, 1.54) is 12.1 Å². The van der Waals surface area contributed by atoms with Crippen LogP contribution in [0.25, 0.3) is 0 Å². The Kier molecular flexibility index (Phi) is 4.67. The van der Waals surface area contributed by atoms with Crippen LogP contribution in [0, 0.1) is 33.7 Å². The molecule has 0 bridgehead atoms. The minimum atomic E-state index is -0.775. The van der Waals surface area contributed by atoms with E-state index in [1.807, 2.05) is 6.92 Å². The van der Waals surface area contributed by atoms with Crippen molar-refractivity contribution < 1.29 is 23.5 Å². The summed E-state index contributed by atoms with van der Waals surface area (Å²) in [7, 11) is 0. The van der Waals surface area contributed by atoms with Crippen molar-refractivity contribution in [2.24, 2.45) is 17.8 Å². The number of hydrogen-bond acceptors (Lipinski definition) is 5. The Hall–Kier alpha value is -1.99. The molecule has 26 heavy (non-hydrogen) atoms. The van der Waals surface area contributed by atoms with Gasteiger partial charge >= 0.3 is 0 Å². The van der Waals surface area contributed by atoms with Crippen molar-refractivity contribution in [3.63, 3.8) is 0 Å². The third-order valence-corrected chi connectivity index (χ3v) is 5.85. The Labute approximate surface area is 151 Å². The highest BCUT2D eigenvalue weighted by atomic mass is 19.1. The molecule has 6 atom stereocenters. The van der Waals surface area contributed by atoms with Gasteiger partial charge in [-0.3, -0.25) is 10.1 Å². The van der Waals surface area contributed by atoms with Crippen LogP contribution in [0.15, 0.2) is 36.1 Å². The molecule has 0 amide bonds. The molecule has 2 heterocycles. The minimum absolute atomic E-state index is 0.0179. The second kappa shape index (κ2) is 6.96. The lowest BCUT2D eigenvalue weighted by Gasteiger charge is -2.50. The lowest BCUT2D eigenvalue weighted by atomic mass is 9.60. The summed E-state index contributed by atoms with van der Waals surface area (Å²) in [5.41, 5.74) is 1.76. The molecule has 1 saturated carbocycles. The predicted molar refractivity (Wildman–Crippen MR) is 90.4 cm³/mol. The number of benzene rings is 1. The number of halogens is 1. The number of nitrogens with zero attached hydrogens (tertiary/aromatic N) is 1. The van der Waals surface area contributed by atoms with E-state index in [2.05, 4.69) is 0 Å². The van der Waals surface area contributed by atoms with E-state index in [0.29, 0.717) is 26.2 Å². The van der Waals surface area contributed by atoms with Gasteiger partial charge in [0.05, 0.1) is 31.3 Å². The van der Waals surface area contributed by atoms with Gasteiger partial charge in [-0.05, 0) is 30.2 Å². The van der Waals surface area contributed by atoms with Gasteiger partial charge in [-0.1, -0.05) is 12.1 Å². The van der Waals surface area contributed by atoms with Gasteiger partial charge in [0, 0.05) is 29.8 Å². The van der Waals surface area contributed by atoms with Gasteiger partial charge in [0.1, 0.15) is 5.82 Å². The second-order valence-electron chi connectivity index (χ2n) is 7.18. The highest BCUT2D eigenvalue weighted by molar-refractivity contribution is 5.29. The SMILES string of the molecule is CCO[C@@H]1OC=C2C[C@@H]([N+](=O)[O-])[C@@H](c3ccc(F)cc3)[C@@H]3COC[C@@H]1[C@H]23. The molecule has 1 aromatic carbocycles. The Morgan fingerprint density at radius 3 is 2.65 bits per heavy atom. The third-order valence-electron chi connectivity index (χ3n) is 5.85. The maximum absolute atomic E-state index is 13.4. The third kappa shape index (κ3) is 2.89. The van der Waals surface area contributed by atoms with Gasteiger partial charge < -0.3 is 14.2 Å². The van der Waals surface area contributed by atoms with E-state index in [0.717, 1.165) is 11.1 Å². The molecule has 7 heteroatoms. The zero-order chi connectivity index (χ0) is 18.3. The summed E-state index contributed by atoms with van der Waals surface area (Å²) in [6.07, 6.45) is 1.61. The largest absolute Gasteiger partial charge is 0.472 e. The molecule has 6 nitrogen and oxygen atoms in total. The van der Waals surface area contributed by atoms with Crippen LogP contribution in [0.1, 0.15) is 24.8 Å². The first-order chi connectivity index (χ1) is 12.6. The zero-order valence-electron chi connectivity index (χ0n) is 14.5. The van der Waals surface area contributed by atoms with Gasteiger partial charge in [0.25, 0.3) is 0 Å². The summed E-state index contributed by atoms with van der Waals surface area (Å²) in [5.74, 6) is -0.579. The molecule has 1 saturated heterocycles. The van der Waals surface area contributed by atoms with Crippen LogP contribution in [0.3, 0.4) is 0 Å². The molecule has 140 valence electrons. The van der Waals surface area contributed by atoms with Gasteiger partial charge in [0.2, 0.25) is 12.3 Å². The second-order valence-corrected chi connectivity index (χ2v) is 7.18. The van der Waals surface area contributed by atoms with Crippen molar-refractivity contribution in [1.82, 2.24) is 0 Å². The molecule has 0 aromatic heterocycles. The van der Waals surface area contributed by atoms with Crippen LogP contribution < -0.4 is 0 Å². The normalized spacial score (nSPS) is 35.8. The smallest absolute Gasteiger partial charge is 0.224 e.